The van der Waals surface area contributed by atoms with Crippen molar-refractivity contribution in [3.63, 3.8) is 0 Å². The average molecular weight is 1160 g/mol. The summed E-state index contributed by atoms with van der Waals surface area (Å²) in [6, 6.07) is 108. The molecule has 0 spiro atoms. The van der Waals surface area contributed by atoms with Gasteiger partial charge in [0, 0.05) is 32.3 Å². The second-order valence-corrected chi connectivity index (χ2v) is 22.7. The van der Waals surface area contributed by atoms with E-state index >= 15 is 0 Å². The van der Waals surface area contributed by atoms with Crippen LogP contribution in [0.1, 0.15) is 11.1 Å². The first kappa shape index (κ1) is 50.4. The Bertz CT molecular complexity index is 5170. The highest BCUT2D eigenvalue weighted by atomic mass is 79.9. The molecule has 6 heteroatoms. The van der Waals surface area contributed by atoms with Crippen molar-refractivity contribution in [2.75, 3.05) is 0 Å². The number of halogens is 1. The van der Waals surface area contributed by atoms with E-state index in [1.54, 1.807) is 0 Å². The molecule has 0 bridgehead atoms. The topological polar surface area (TPSA) is 62.4 Å². The molecule has 86 heavy (non-hydrogen) atoms. The Morgan fingerprint density at radius 2 is 0.419 bits per heavy atom. The van der Waals surface area contributed by atoms with Crippen LogP contribution in [0.15, 0.2) is 296 Å². The fourth-order valence-electron chi connectivity index (χ4n) is 13.2. The quantitative estimate of drug-likeness (QED) is 0.145. The number of hydrogen-bond donors (Lipinski definition) is 0. The smallest absolute Gasteiger partial charge is 0.104 e. The van der Waals surface area contributed by atoms with Crippen LogP contribution >= 0.6 is 15.9 Å². The van der Waals surface area contributed by atoms with Crippen molar-refractivity contribution in [2.45, 2.75) is 0 Å². The van der Waals surface area contributed by atoms with Crippen LogP contribution in [-0.2, 0) is 0 Å². The van der Waals surface area contributed by atoms with Crippen molar-refractivity contribution in [1.29, 1.82) is 10.5 Å². The third kappa shape index (κ3) is 8.11. The van der Waals surface area contributed by atoms with Gasteiger partial charge in [0.15, 0.2) is 0 Å². The summed E-state index contributed by atoms with van der Waals surface area (Å²) in [6.45, 7) is 0. The Hall–Kier alpha value is -11.3. The first-order chi connectivity index (χ1) is 42.5. The molecular weight excluding hydrogens is 1110 g/mol. The molecule has 0 aliphatic heterocycles. The minimum absolute atomic E-state index is 0.376. The zero-order valence-corrected chi connectivity index (χ0v) is 47.9. The van der Waals surface area contributed by atoms with E-state index in [1.807, 2.05) is 36.4 Å². The zero-order chi connectivity index (χ0) is 57.4. The lowest BCUT2D eigenvalue weighted by Crippen LogP contribution is -2.13. The molecule has 5 nitrogen and oxygen atoms in total. The second-order valence-electron chi connectivity index (χ2n) is 21.9. The normalized spacial score (nSPS) is 11.5. The molecule has 0 aliphatic rings. The van der Waals surface area contributed by atoms with E-state index in [9.17, 15) is 10.5 Å². The van der Waals surface area contributed by atoms with Crippen LogP contribution in [0.3, 0.4) is 0 Å². The second kappa shape index (κ2) is 20.6. The Morgan fingerprint density at radius 1 is 0.221 bits per heavy atom. The van der Waals surface area contributed by atoms with Gasteiger partial charge in [-0.3, -0.25) is 0 Å². The molecule has 0 N–H and O–H groups in total. The van der Waals surface area contributed by atoms with Gasteiger partial charge in [-0.05, 0) is 155 Å². The van der Waals surface area contributed by atoms with E-state index in [2.05, 4.69) is 297 Å². The minimum atomic E-state index is 0.376. The molecule has 13 aromatic carbocycles. The fourth-order valence-corrected chi connectivity index (χ4v) is 13.8. The number of nitrogens with zero attached hydrogens (tertiary/aromatic N) is 5. The maximum atomic E-state index is 12.6. The summed E-state index contributed by atoms with van der Waals surface area (Å²) in [4.78, 5) is 0. The van der Waals surface area contributed by atoms with Gasteiger partial charge >= 0.3 is 0 Å². The Balaban J connectivity index is 1.08. The third-order valence-electron chi connectivity index (χ3n) is 17.2. The van der Waals surface area contributed by atoms with Gasteiger partial charge in [-0.1, -0.05) is 218 Å². The molecule has 0 unspecified atom stereocenters. The van der Waals surface area contributed by atoms with Gasteiger partial charge in [0.2, 0.25) is 0 Å². The van der Waals surface area contributed by atoms with Crippen LogP contribution in [0.2, 0.25) is 0 Å². The summed E-state index contributed by atoms with van der Waals surface area (Å²) in [7, 11) is 0. The maximum Gasteiger partial charge on any atom is 0.104 e. The number of nitriles is 2. The molecule has 16 rings (SSSR count). The van der Waals surface area contributed by atoms with Crippen LogP contribution in [0, 0.1) is 22.7 Å². The van der Waals surface area contributed by atoms with Crippen LogP contribution in [0.5, 0.6) is 0 Å². The van der Waals surface area contributed by atoms with Gasteiger partial charge in [-0.25, -0.2) is 0 Å². The summed E-state index contributed by atoms with van der Waals surface area (Å²) in [5.74, 6) is 0. The van der Waals surface area contributed by atoms with Crippen molar-refractivity contribution >= 4 is 81.3 Å². The minimum Gasteiger partial charge on any atom is -0.307 e. The largest absolute Gasteiger partial charge is 0.307 e. The zero-order valence-electron chi connectivity index (χ0n) is 46.3. The molecule has 0 amide bonds. The highest BCUT2D eigenvalue weighted by Crippen LogP contribution is 2.49. The Kier molecular flexibility index (Phi) is 12.1. The summed E-state index contributed by atoms with van der Waals surface area (Å²) < 4.78 is 7.23. The number of hydrogen-bond acceptors (Lipinski definition) is 2. The van der Waals surface area contributed by atoms with Crippen molar-refractivity contribution in [1.82, 2.24) is 13.7 Å². The maximum absolute atomic E-state index is 12.6. The summed E-state index contributed by atoms with van der Waals surface area (Å²) in [6.07, 6.45) is 0. The van der Waals surface area contributed by atoms with E-state index in [-0.39, 0.29) is 0 Å². The predicted octanol–water partition coefficient (Wildman–Crippen LogP) is 21.5. The number of aromatic nitrogens is 3. The lowest BCUT2D eigenvalue weighted by molar-refractivity contribution is 1.05. The van der Waals surface area contributed by atoms with Crippen molar-refractivity contribution in [2.24, 2.45) is 0 Å². The van der Waals surface area contributed by atoms with Crippen molar-refractivity contribution in [3.8, 4) is 96.0 Å². The fraction of sp³-hybridized carbons (Fsp3) is 0. The molecule has 400 valence electrons. The Morgan fingerprint density at radius 3 is 0.628 bits per heavy atom. The van der Waals surface area contributed by atoms with Crippen molar-refractivity contribution < 1.29 is 0 Å². The van der Waals surface area contributed by atoms with Gasteiger partial charge in [0.25, 0.3) is 0 Å². The van der Waals surface area contributed by atoms with Crippen LogP contribution in [-0.4, -0.2) is 13.7 Å². The molecule has 0 atom stereocenters. The molecule has 0 radical (unpaired) electrons. The molecule has 0 saturated carbocycles. The van der Waals surface area contributed by atoms with E-state index in [1.165, 1.54) is 0 Å². The number of benzene rings is 13. The standard InChI is InChI=1S/C80H48BrN5/c81-77-69(49-82)79(85-73-39-33-59(53-23-11-3-12-24-53)45-65(73)66-46-60(34-40-74(66)85)54-25-13-4-14-26-54)80(86-75-41-35-61(55-27-15-5-16-28-55)47-67(75)68-48-62(36-42-76(68)86)56-29-17-6-18-30-56)70(50-83)78(77)84-71-37-31-57(51-19-7-1-8-20-51)43-63(71)64-44-58(32-38-72(64)84)52-21-9-2-10-22-52/h1-48H. The predicted molar refractivity (Wildman–Crippen MR) is 359 cm³/mol. The van der Waals surface area contributed by atoms with Gasteiger partial charge in [0.05, 0.1) is 60.2 Å². The van der Waals surface area contributed by atoms with E-state index < -0.39 is 0 Å². The first-order valence-corrected chi connectivity index (χ1v) is 29.6. The average Bonchev–Trinajstić information content (AvgIpc) is 1.58. The molecule has 0 fully saturated rings. The summed E-state index contributed by atoms with van der Waals surface area (Å²) >= 11 is 4.23. The molecular formula is C80H48BrN5. The van der Waals surface area contributed by atoms with Gasteiger partial charge < -0.3 is 13.7 Å². The van der Waals surface area contributed by atoms with Crippen LogP contribution in [0.25, 0.3) is 149 Å². The van der Waals surface area contributed by atoms with Gasteiger partial charge in [-0.2, -0.15) is 10.5 Å². The molecule has 0 aliphatic carbocycles. The SMILES string of the molecule is N#Cc1c(Br)c(-n2c3ccc(-c4ccccc4)cc3c3cc(-c4ccccc4)ccc32)c(C#N)c(-n2c3ccc(-c4ccccc4)cc3c3cc(-c4ccccc4)ccc32)c1-n1c2ccc(-c3ccccc3)cc2c2cc(-c3ccccc3)ccc21. The van der Waals surface area contributed by atoms with Gasteiger partial charge in [0.1, 0.15) is 17.7 Å². The Labute approximate surface area is 505 Å². The number of fused-ring (bicyclic) bond motifs is 9. The van der Waals surface area contributed by atoms with E-state index in [0.29, 0.717) is 32.7 Å². The monoisotopic (exact) mass is 1160 g/mol. The van der Waals surface area contributed by atoms with Crippen LogP contribution < -0.4 is 0 Å². The van der Waals surface area contributed by atoms with Gasteiger partial charge in [-0.15, -0.1) is 0 Å². The van der Waals surface area contributed by atoms with Crippen molar-refractivity contribution in [3.05, 3.63) is 307 Å². The number of rotatable bonds is 9. The third-order valence-corrected chi connectivity index (χ3v) is 18.0. The molecule has 3 heterocycles. The molecule has 0 saturated heterocycles. The lowest BCUT2D eigenvalue weighted by atomic mass is 10.0. The molecule has 3 aromatic heterocycles. The first-order valence-electron chi connectivity index (χ1n) is 28.8. The summed E-state index contributed by atoms with van der Waals surface area (Å²) in [5.41, 5.74) is 20.8. The van der Waals surface area contributed by atoms with E-state index in [4.69, 9.17) is 0 Å². The summed E-state index contributed by atoms with van der Waals surface area (Å²) in [5, 5.41) is 31.1. The lowest BCUT2D eigenvalue weighted by Gasteiger charge is -2.24. The molecule has 16 aromatic rings. The van der Waals surface area contributed by atoms with E-state index in [0.717, 1.165) is 132 Å². The van der Waals surface area contributed by atoms with Crippen LogP contribution in [0.4, 0.5) is 0 Å². The highest BCUT2D eigenvalue weighted by Gasteiger charge is 2.33. The highest BCUT2D eigenvalue weighted by molar-refractivity contribution is 9.10.